The highest BCUT2D eigenvalue weighted by atomic mass is 35.5. The van der Waals surface area contributed by atoms with Crippen molar-refractivity contribution in [1.29, 1.82) is 0 Å². The number of carbonyl (C=O) groups is 1. The SMILES string of the molecule is CC(=O)Nc1ccccc1Oc1ccc(Cl)cc1CO. The Morgan fingerprint density at radius 3 is 2.70 bits per heavy atom. The topological polar surface area (TPSA) is 58.6 Å². The molecule has 1 amide bonds. The van der Waals surface area contributed by atoms with Crippen LogP contribution in [-0.4, -0.2) is 11.0 Å². The van der Waals surface area contributed by atoms with Gasteiger partial charge >= 0.3 is 0 Å². The summed E-state index contributed by atoms with van der Waals surface area (Å²) >= 11 is 5.88. The summed E-state index contributed by atoms with van der Waals surface area (Å²) in [6.45, 7) is 1.25. The summed E-state index contributed by atoms with van der Waals surface area (Å²) in [5.74, 6) is 0.814. The molecule has 0 fully saturated rings. The molecule has 2 aromatic rings. The Hall–Kier alpha value is -2.04. The van der Waals surface area contributed by atoms with E-state index in [9.17, 15) is 9.90 Å². The van der Waals surface area contributed by atoms with Crippen molar-refractivity contribution in [3.05, 3.63) is 53.1 Å². The molecule has 0 bridgehead atoms. The molecule has 0 heterocycles. The van der Waals surface area contributed by atoms with Gasteiger partial charge in [0.25, 0.3) is 0 Å². The zero-order valence-electron chi connectivity index (χ0n) is 10.9. The smallest absolute Gasteiger partial charge is 0.221 e. The minimum Gasteiger partial charge on any atom is -0.455 e. The minimum atomic E-state index is -0.182. The van der Waals surface area contributed by atoms with E-state index in [1.165, 1.54) is 6.92 Å². The van der Waals surface area contributed by atoms with Crippen LogP contribution in [0.1, 0.15) is 12.5 Å². The molecule has 0 aliphatic carbocycles. The standard InChI is InChI=1S/C15H14ClNO3/c1-10(19)17-13-4-2-3-5-15(13)20-14-7-6-12(16)8-11(14)9-18/h2-8,18H,9H2,1H3,(H,17,19). The van der Waals surface area contributed by atoms with Crippen LogP contribution in [-0.2, 0) is 11.4 Å². The van der Waals surface area contributed by atoms with Crippen molar-refractivity contribution in [3.8, 4) is 11.5 Å². The maximum Gasteiger partial charge on any atom is 0.221 e. The van der Waals surface area contributed by atoms with Crippen molar-refractivity contribution in [3.63, 3.8) is 0 Å². The number of nitrogens with one attached hydrogen (secondary N) is 1. The van der Waals surface area contributed by atoms with E-state index in [1.807, 2.05) is 0 Å². The van der Waals surface area contributed by atoms with Gasteiger partial charge in [-0.15, -0.1) is 0 Å². The number of benzene rings is 2. The Morgan fingerprint density at radius 1 is 1.25 bits per heavy atom. The van der Waals surface area contributed by atoms with Gasteiger partial charge in [-0.2, -0.15) is 0 Å². The average molecular weight is 292 g/mol. The largest absolute Gasteiger partial charge is 0.455 e. The first-order valence-electron chi connectivity index (χ1n) is 6.04. The summed E-state index contributed by atoms with van der Waals surface area (Å²) in [5, 5.41) is 12.5. The zero-order valence-corrected chi connectivity index (χ0v) is 11.6. The summed E-state index contributed by atoms with van der Waals surface area (Å²) in [5.41, 5.74) is 1.15. The number of halogens is 1. The first-order chi connectivity index (χ1) is 9.60. The van der Waals surface area contributed by atoms with Crippen LogP contribution in [0.25, 0.3) is 0 Å². The number of rotatable bonds is 4. The lowest BCUT2D eigenvalue weighted by molar-refractivity contribution is -0.114. The van der Waals surface area contributed by atoms with Gasteiger partial charge in [0.15, 0.2) is 5.75 Å². The normalized spacial score (nSPS) is 10.2. The van der Waals surface area contributed by atoms with Gasteiger partial charge in [-0.3, -0.25) is 4.79 Å². The van der Waals surface area contributed by atoms with Gasteiger partial charge in [-0.1, -0.05) is 23.7 Å². The third-order valence-corrected chi connectivity index (χ3v) is 2.85. The molecule has 0 saturated carbocycles. The molecule has 5 heteroatoms. The molecule has 0 aromatic heterocycles. The lowest BCUT2D eigenvalue weighted by Gasteiger charge is -2.13. The average Bonchev–Trinajstić information content (AvgIpc) is 2.42. The van der Waals surface area contributed by atoms with E-state index in [-0.39, 0.29) is 12.5 Å². The lowest BCUT2D eigenvalue weighted by atomic mass is 10.2. The van der Waals surface area contributed by atoms with Crippen LogP contribution >= 0.6 is 11.6 Å². The highest BCUT2D eigenvalue weighted by Crippen LogP contribution is 2.32. The molecule has 0 atom stereocenters. The molecular formula is C15H14ClNO3. The molecule has 0 spiro atoms. The van der Waals surface area contributed by atoms with Crippen molar-refractivity contribution < 1.29 is 14.6 Å². The van der Waals surface area contributed by atoms with E-state index in [0.29, 0.717) is 27.8 Å². The van der Waals surface area contributed by atoms with E-state index in [0.717, 1.165) is 0 Å². The second kappa shape index (κ2) is 6.41. The van der Waals surface area contributed by atoms with Gasteiger partial charge in [-0.25, -0.2) is 0 Å². The number of ether oxygens (including phenoxy) is 1. The van der Waals surface area contributed by atoms with Crippen LogP contribution in [0, 0.1) is 0 Å². The lowest BCUT2D eigenvalue weighted by Crippen LogP contribution is -2.07. The Bertz CT molecular complexity index is 628. The molecule has 0 radical (unpaired) electrons. The van der Waals surface area contributed by atoms with E-state index in [1.54, 1.807) is 42.5 Å². The number of aliphatic hydroxyl groups excluding tert-OH is 1. The Labute approximate surface area is 122 Å². The highest BCUT2D eigenvalue weighted by Gasteiger charge is 2.09. The Kier molecular flexibility index (Phi) is 4.61. The highest BCUT2D eigenvalue weighted by molar-refractivity contribution is 6.30. The summed E-state index contributed by atoms with van der Waals surface area (Å²) in [6.07, 6.45) is 0. The van der Waals surface area contributed by atoms with Crippen LogP contribution in [0.4, 0.5) is 5.69 Å². The minimum absolute atomic E-state index is 0.181. The maximum atomic E-state index is 11.2. The number of hydrogen-bond acceptors (Lipinski definition) is 3. The fraction of sp³-hybridized carbons (Fsp3) is 0.133. The summed E-state index contributed by atoms with van der Waals surface area (Å²) < 4.78 is 5.75. The third-order valence-electron chi connectivity index (χ3n) is 2.61. The van der Waals surface area contributed by atoms with E-state index in [2.05, 4.69) is 5.32 Å². The predicted octanol–water partition coefficient (Wildman–Crippen LogP) is 3.58. The Balaban J connectivity index is 2.32. The molecule has 0 unspecified atom stereocenters. The van der Waals surface area contributed by atoms with Gasteiger partial charge < -0.3 is 15.2 Å². The van der Waals surface area contributed by atoms with Gasteiger partial charge in [0.2, 0.25) is 5.91 Å². The van der Waals surface area contributed by atoms with Crippen LogP contribution in [0.2, 0.25) is 5.02 Å². The number of para-hydroxylation sites is 2. The monoisotopic (exact) mass is 291 g/mol. The summed E-state index contributed by atoms with van der Waals surface area (Å²) in [6, 6.07) is 12.1. The summed E-state index contributed by atoms with van der Waals surface area (Å²) in [4.78, 5) is 11.2. The second-order valence-corrected chi connectivity index (χ2v) is 4.63. The third kappa shape index (κ3) is 3.50. The van der Waals surface area contributed by atoms with Crippen LogP contribution in [0.3, 0.4) is 0 Å². The number of aliphatic hydroxyl groups is 1. The first-order valence-corrected chi connectivity index (χ1v) is 6.41. The second-order valence-electron chi connectivity index (χ2n) is 4.19. The van der Waals surface area contributed by atoms with Crippen LogP contribution in [0.5, 0.6) is 11.5 Å². The summed E-state index contributed by atoms with van der Waals surface area (Å²) in [7, 11) is 0. The molecule has 0 aliphatic heterocycles. The zero-order chi connectivity index (χ0) is 14.5. The number of amides is 1. The fourth-order valence-electron chi connectivity index (χ4n) is 1.74. The fourth-order valence-corrected chi connectivity index (χ4v) is 1.93. The Morgan fingerprint density at radius 2 is 2.00 bits per heavy atom. The molecule has 2 N–H and O–H groups in total. The number of anilines is 1. The maximum absolute atomic E-state index is 11.2. The molecule has 0 aliphatic rings. The number of hydrogen-bond donors (Lipinski definition) is 2. The first kappa shape index (κ1) is 14.4. The van der Waals surface area contributed by atoms with Crippen molar-refractivity contribution in [2.24, 2.45) is 0 Å². The van der Waals surface area contributed by atoms with Crippen molar-refractivity contribution in [2.75, 3.05) is 5.32 Å². The van der Waals surface area contributed by atoms with Crippen LogP contribution < -0.4 is 10.1 Å². The molecule has 2 aromatic carbocycles. The van der Waals surface area contributed by atoms with Gasteiger partial charge in [0.1, 0.15) is 5.75 Å². The molecule has 2 rings (SSSR count). The van der Waals surface area contributed by atoms with Crippen LogP contribution in [0.15, 0.2) is 42.5 Å². The predicted molar refractivity (Wildman–Crippen MR) is 78.2 cm³/mol. The van der Waals surface area contributed by atoms with E-state index < -0.39 is 0 Å². The number of carbonyl (C=O) groups excluding carboxylic acids is 1. The van der Waals surface area contributed by atoms with Gasteiger partial charge in [-0.05, 0) is 30.3 Å². The van der Waals surface area contributed by atoms with Crippen molar-refractivity contribution >= 4 is 23.2 Å². The molecule has 4 nitrogen and oxygen atoms in total. The van der Waals surface area contributed by atoms with Gasteiger partial charge in [0, 0.05) is 17.5 Å². The molecular weight excluding hydrogens is 278 g/mol. The van der Waals surface area contributed by atoms with Crippen molar-refractivity contribution in [2.45, 2.75) is 13.5 Å². The van der Waals surface area contributed by atoms with E-state index in [4.69, 9.17) is 16.3 Å². The van der Waals surface area contributed by atoms with Crippen molar-refractivity contribution in [1.82, 2.24) is 0 Å². The quantitative estimate of drug-likeness (QED) is 0.905. The molecule has 20 heavy (non-hydrogen) atoms. The van der Waals surface area contributed by atoms with Gasteiger partial charge in [0.05, 0.1) is 12.3 Å². The van der Waals surface area contributed by atoms with E-state index >= 15 is 0 Å². The molecule has 104 valence electrons. The molecule has 0 saturated heterocycles.